The third-order valence-electron chi connectivity index (χ3n) is 2.49. The van der Waals surface area contributed by atoms with Crippen molar-refractivity contribution in [1.29, 1.82) is 0 Å². The third-order valence-corrected chi connectivity index (χ3v) is 2.49. The van der Waals surface area contributed by atoms with Gasteiger partial charge in [-0.1, -0.05) is 18.2 Å². The minimum absolute atomic E-state index is 0.0734. The van der Waals surface area contributed by atoms with Crippen LogP contribution in [-0.2, 0) is 6.54 Å². The van der Waals surface area contributed by atoms with E-state index in [1.54, 1.807) is 35.0 Å². The largest absolute Gasteiger partial charge is 0.311 e. The van der Waals surface area contributed by atoms with Crippen molar-refractivity contribution in [3.8, 4) is 11.1 Å². The van der Waals surface area contributed by atoms with Gasteiger partial charge in [0.25, 0.3) is 5.56 Å². The van der Waals surface area contributed by atoms with E-state index >= 15 is 0 Å². The van der Waals surface area contributed by atoms with Crippen molar-refractivity contribution in [1.82, 2.24) is 4.57 Å². The predicted octanol–water partition coefficient (Wildman–Crippen LogP) is 2.84. The summed E-state index contributed by atoms with van der Waals surface area (Å²) in [5, 5.41) is 0. The van der Waals surface area contributed by atoms with Gasteiger partial charge < -0.3 is 4.57 Å². The highest BCUT2D eigenvalue weighted by molar-refractivity contribution is 5.62. The fourth-order valence-electron chi connectivity index (χ4n) is 1.63. The maximum absolute atomic E-state index is 12.8. The van der Waals surface area contributed by atoms with Crippen LogP contribution in [0.5, 0.6) is 0 Å². The summed E-state index contributed by atoms with van der Waals surface area (Å²) < 4.78 is 14.4. The Hall–Kier alpha value is -2.16. The average molecular weight is 229 g/mol. The molecule has 17 heavy (non-hydrogen) atoms. The lowest BCUT2D eigenvalue weighted by Gasteiger charge is -2.06. The van der Waals surface area contributed by atoms with Gasteiger partial charge >= 0.3 is 0 Å². The number of aromatic nitrogens is 1. The van der Waals surface area contributed by atoms with Gasteiger partial charge in [0.15, 0.2) is 0 Å². The van der Waals surface area contributed by atoms with Crippen molar-refractivity contribution in [2.75, 3.05) is 0 Å². The molecule has 3 heteroatoms. The van der Waals surface area contributed by atoms with Crippen LogP contribution in [0.15, 0.2) is 60.0 Å². The number of halogens is 1. The van der Waals surface area contributed by atoms with Crippen molar-refractivity contribution < 1.29 is 4.39 Å². The van der Waals surface area contributed by atoms with Crippen molar-refractivity contribution in [3.63, 3.8) is 0 Å². The highest BCUT2D eigenvalue weighted by atomic mass is 19.1. The Bertz CT molecular complexity index is 584. The molecular formula is C14H12FNO. The van der Waals surface area contributed by atoms with Crippen LogP contribution in [0.4, 0.5) is 4.39 Å². The zero-order chi connectivity index (χ0) is 12.3. The van der Waals surface area contributed by atoms with Crippen molar-refractivity contribution in [2.24, 2.45) is 0 Å². The van der Waals surface area contributed by atoms with Crippen LogP contribution in [0.1, 0.15) is 0 Å². The summed E-state index contributed by atoms with van der Waals surface area (Å²) in [6.07, 6.45) is 3.41. The van der Waals surface area contributed by atoms with E-state index in [0.29, 0.717) is 6.54 Å². The number of rotatable bonds is 3. The Labute approximate surface area is 98.7 Å². The summed E-state index contributed by atoms with van der Waals surface area (Å²) in [5.74, 6) is -0.270. The quantitative estimate of drug-likeness (QED) is 0.742. The molecule has 0 unspecified atom stereocenters. The van der Waals surface area contributed by atoms with E-state index in [9.17, 15) is 9.18 Å². The standard InChI is InChI=1S/C14H12FNO/c1-2-9-16-10-12(5-8-14(16)17)11-3-6-13(15)7-4-11/h2-8,10H,1,9H2. The van der Waals surface area contributed by atoms with E-state index in [1.807, 2.05) is 0 Å². The molecular weight excluding hydrogens is 217 g/mol. The van der Waals surface area contributed by atoms with Gasteiger partial charge in [-0.3, -0.25) is 4.79 Å². The molecule has 0 atom stereocenters. The first-order valence-corrected chi connectivity index (χ1v) is 5.28. The molecule has 0 bridgehead atoms. The molecule has 2 nitrogen and oxygen atoms in total. The highest BCUT2D eigenvalue weighted by Crippen LogP contribution is 2.17. The lowest BCUT2D eigenvalue weighted by molar-refractivity contribution is 0.628. The van der Waals surface area contributed by atoms with Crippen LogP contribution in [0.3, 0.4) is 0 Å². The van der Waals surface area contributed by atoms with Gasteiger partial charge in [-0.25, -0.2) is 4.39 Å². The summed E-state index contributed by atoms with van der Waals surface area (Å²) in [4.78, 5) is 11.5. The number of nitrogens with zero attached hydrogens (tertiary/aromatic N) is 1. The van der Waals surface area contributed by atoms with E-state index in [-0.39, 0.29) is 11.4 Å². The molecule has 0 aliphatic carbocycles. The maximum Gasteiger partial charge on any atom is 0.250 e. The van der Waals surface area contributed by atoms with Gasteiger partial charge in [0.2, 0.25) is 0 Å². The van der Waals surface area contributed by atoms with E-state index in [2.05, 4.69) is 6.58 Å². The molecule has 0 fully saturated rings. The molecule has 0 aliphatic heterocycles. The summed E-state index contributed by atoms with van der Waals surface area (Å²) in [6.45, 7) is 4.07. The highest BCUT2D eigenvalue weighted by Gasteiger charge is 2.00. The van der Waals surface area contributed by atoms with Crippen LogP contribution >= 0.6 is 0 Å². The first-order chi connectivity index (χ1) is 8.20. The number of pyridine rings is 1. The number of allylic oxidation sites excluding steroid dienone is 1. The van der Waals surface area contributed by atoms with E-state index < -0.39 is 0 Å². The Morgan fingerprint density at radius 1 is 1.12 bits per heavy atom. The molecule has 0 saturated heterocycles. The SMILES string of the molecule is C=CCn1cc(-c2ccc(F)cc2)ccc1=O. The summed E-state index contributed by atoms with van der Waals surface area (Å²) in [6, 6.07) is 9.41. The van der Waals surface area contributed by atoms with Crippen molar-refractivity contribution in [3.05, 3.63) is 71.4 Å². The second-order valence-electron chi connectivity index (χ2n) is 3.70. The molecule has 1 aromatic carbocycles. The molecule has 0 N–H and O–H groups in total. The first-order valence-electron chi connectivity index (χ1n) is 5.28. The summed E-state index contributed by atoms with van der Waals surface area (Å²) >= 11 is 0. The normalized spacial score (nSPS) is 10.2. The topological polar surface area (TPSA) is 22.0 Å². The van der Waals surface area contributed by atoms with Crippen LogP contribution < -0.4 is 5.56 Å². The third kappa shape index (κ3) is 2.50. The number of benzene rings is 1. The smallest absolute Gasteiger partial charge is 0.250 e. The fraction of sp³-hybridized carbons (Fsp3) is 0.0714. The molecule has 0 amide bonds. The molecule has 86 valence electrons. The zero-order valence-corrected chi connectivity index (χ0v) is 9.27. The molecule has 2 aromatic rings. The average Bonchev–Trinajstić information content (AvgIpc) is 2.33. The van der Waals surface area contributed by atoms with E-state index in [1.165, 1.54) is 18.2 Å². The minimum Gasteiger partial charge on any atom is -0.311 e. The minimum atomic E-state index is -0.270. The molecule has 0 spiro atoms. The van der Waals surface area contributed by atoms with Crippen molar-refractivity contribution >= 4 is 0 Å². The molecule has 1 aromatic heterocycles. The van der Waals surface area contributed by atoms with Gasteiger partial charge in [0, 0.05) is 18.8 Å². The first kappa shape index (κ1) is 11.3. The van der Waals surface area contributed by atoms with Crippen molar-refractivity contribution in [2.45, 2.75) is 6.54 Å². The zero-order valence-electron chi connectivity index (χ0n) is 9.27. The number of hydrogen-bond acceptors (Lipinski definition) is 1. The second-order valence-corrected chi connectivity index (χ2v) is 3.70. The Morgan fingerprint density at radius 3 is 2.41 bits per heavy atom. The maximum atomic E-state index is 12.8. The van der Waals surface area contributed by atoms with E-state index in [0.717, 1.165) is 11.1 Å². The van der Waals surface area contributed by atoms with Gasteiger partial charge in [0.05, 0.1) is 0 Å². The Kier molecular flexibility index (Phi) is 3.19. The second kappa shape index (κ2) is 4.78. The Morgan fingerprint density at radius 2 is 1.76 bits per heavy atom. The number of hydrogen-bond donors (Lipinski definition) is 0. The molecule has 2 rings (SSSR count). The van der Waals surface area contributed by atoms with Crippen LogP contribution in [-0.4, -0.2) is 4.57 Å². The summed E-state index contributed by atoms with van der Waals surface area (Å²) in [5.41, 5.74) is 1.69. The predicted molar refractivity (Wildman–Crippen MR) is 66.3 cm³/mol. The fourth-order valence-corrected chi connectivity index (χ4v) is 1.63. The summed E-state index contributed by atoms with van der Waals surface area (Å²) in [7, 11) is 0. The monoisotopic (exact) mass is 229 g/mol. The van der Waals surface area contributed by atoms with Crippen LogP contribution in [0.2, 0.25) is 0 Å². The van der Waals surface area contributed by atoms with Crippen LogP contribution in [0.25, 0.3) is 11.1 Å². The van der Waals surface area contributed by atoms with Gasteiger partial charge in [-0.05, 0) is 29.3 Å². The lowest BCUT2D eigenvalue weighted by atomic mass is 10.1. The van der Waals surface area contributed by atoms with Gasteiger partial charge in [-0.15, -0.1) is 6.58 Å². The molecule has 0 aliphatic rings. The van der Waals surface area contributed by atoms with Crippen LogP contribution in [0, 0.1) is 5.82 Å². The van der Waals surface area contributed by atoms with E-state index in [4.69, 9.17) is 0 Å². The molecule has 0 radical (unpaired) electrons. The van der Waals surface area contributed by atoms with Gasteiger partial charge in [0.1, 0.15) is 5.82 Å². The molecule has 1 heterocycles. The molecule has 0 saturated carbocycles. The Balaban J connectivity index is 2.45. The van der Waals surface area contributed by atoms with Gasteiger partial charge in [-0.2, -0.15) is 0 Å². The lowest BCUT2D eigenvalue weighted by Crippen LogP contribution is -2.17.